The van der Waals surface area contributed by atoms with Crippen molar-refractivity contribution in [3.8, 4) is 17.3 Å². The summed E-state index contributed by atoms with van der Waals surface area (Å²) in [7, 11) is 0. The van der Waals surface area contributed by atoms with Crippen LogP contribution in [0.25, 0.3) is 11.3 Å². The zero-order valence-electron chi connectivity index (χ0n) is 12.8. The molecule has 0 unspecified atom stereocenters. The molecule has 0 aliphatic heterocycles. The van der Waals surface area contributed by atoms with Crippen molar-refractivity contribution >= 4 is 5.91 Å². The van der Waals surface area contributed by atoms with Gasteiger partial charge in [-0.05, 0) is 36.6 Å². The van der Waals surface area contributed by atoms with Gasteiger partial charge in [-0.15, -0.1) is 0 Å². The zero-order chi connectivity index (χ0) is 15.9. The summed E-state index contributed by atoms with van der Waals surface area (Å²) >= 11 is 0. The van der Waals surface area contributed by atoms with Gasteiger partial charge in [-0.3, -0.25) is 9.78 Å². The molecule has 4 heteroatoms. The number of benzene rings is 1. The van der Waals surface area contributed by atoms with Crippen molar-refractivity contribution in [3.63, 3.8) is 0 Å². The van der Waals surface area contributed by atoms with Crippen LogP contribution in [0.4, 0.5) is 0 Å². The Balaban J connectivity index is 2.06. The van der Waals surface area contributed by atoms with Gasteiger partial charge in [0.1, 0.15) is 0 Å². The molecule has 1 aromatic carbocycles. The molecule has 1 amide bonds. The zero-order valence-corrected chi connectivity index (χ0v) is 12.8. The van der Waals surface area contributed by atoms with E-state index in [-0.39, 0.29) is 5.91 Å². The lowest BCUT2D eigenvalue weighted by atomic mass is 10.1. The van der Waals surface area contributed by atoms with Gasteiger partial charge in [0.2, 0.25) is 0 Å². The number of hydrogen-bond donors (Lipinski definition) is 1. The van der Waals surface area contributed by atoms with E-state index in [1.54, 1.807) is 30.5 Å². The first-order chi connectivity index (χ1) is 10.6. The van der Waals surface area contributed by atoms with Gasteiger partial charge < -0.3 is 5.32 Å². The third kappa shape index (κ3) is 4.16. The summed E-state index contributed by atoms with van der Waals surface area (Å²) in [6, 6.07) is 12.9. The maximum Gasteiger partial charge on any atom is 0.252 e. The first-order valence-electron chi connectivity index (χ1n) is 7.35. The Bertz CT molecular complexity index is 684. The van der Waals surface area contributed by atoms with E-state index in [2.05, 4.69) is 30.2 Å². The van der Waals surface area contributed by atoms with Gasteiger partial charge in [-0.25, -0.2) is 0 Å². The number of pyridine rings is 1. The second kappa shape index (κ2) is 7.37. The maximum atomic E-state index is 12.0. The normalized spacial score (nSPS) is 10.3. The highest BCUT2D eigenvalue weighted by Gasteiger charge is 2.07. The molecule has 0 spiro atoms. The number of nitriles is 1. The second-order valence-electron chi connectivity index (χ2n) is 5.56. The van der Waals surface area contributed by atoms with Gasteiger partial charge in [-0.2, -0.15) is 5.26 Å². The minimum absolute atomic E-state index is 0.106. The van der Waals surface area contributed by atoms with Gasteiger partial charge in [0.15, 0.2) is 0 Å². The topological polar surface area (TPSA) is 65.8 Å². The molecular formula is C18H19N3O. The number of amides is 1. The number of carbonyl (C=O) groups excluding carboxylic acids is 1. The van der Waals surface area contributed by atoms with Crippen LogP contribution in [-0.2, 0) is 0 Å². The molecular weight excluding hydrogens is 274 g/mol. The van der Waals surface area contributed by atoms with Gasteiger partial charge in [0.25, 0.3) is 5.91 Å². The highest BCUT2D eigenvalue weighted by molar-refractivity contribution is 5.94. The van der Waals surface area contributed by atoms with Gasteiger partial charge >= 0.3 is 0 Å². The van der Waals surface area contributed by atoms with Crippen LogP contribution in [-0.4, -0.2) is 17.4 Å². The maximum absolute atomic E-state index is 12.0. The molecule has 4 nitrogen and oxygen atoms in total. The SMILES string of the molecule is CC(C)CCNC(=O)c1ccc(-c2cccc(C#N)c2)nc1. The Hall–Kier alpha value is -2.67. The lowest BCUT2D eigenvalue weighted by Crippen LogP contribution is -2.25. The van der Waals surface area contributed by atoms with Crippen molar-refractivity contribution in [2.45, 2.75) is 20.3 Å². The summed E-state index contributed by atoms with van der Waals surface area (Å²) < 4.78 is 0. The monoisotopic (exact) mass is 293 g/mol. The molecule has 1 N–H and O–H groups in total. The second-order valence-corrected chi connectivity index (χ2v) is 5.56. The van der Waals surface area contributed by atoms with Gasteiger partial charge in [0.05, 0.1) is 22.9 Å². The fourth-order valence-corrected chi connectivity index (χ4v) is 2.02. The molecule has 2 aromatic rings. The fourth-order valence-electron chi connectivity index (χ4n) is 2.02. The third-order valence-corrected chi connectivity index (χ3v) is 3.32. The van der Waals surface area contributed by atoms with Crippen molar-refractivity contribution in [2.75, 3.05) is 6.54 Å². The molecule has 0 aliphatic rings. The van der Waals surface area contributed by atoms with Crippen molar-refractivity contribution in [1.82, 2.24) is 10.3 Å². The number of aromatic nitrogens is 1. The number of nitrogens with zero attached hydrogens (tertiary/aromatic N) is 2. The minimum atomic E-state index is -0.106. The summed E-state index contributed by atoms with van der Waals surface area (Å²) in [6.07, 6.45) is 2.53. The van der Waals surface area contributed by atoms with Crippen LogP contribution in [0.2, 0.25) is 0 Å². The number of nitrogens with one attached hydrogen (secondary N) is 1. The van der Waals surface area contributed by atoms with E-state index < -0.39 is 0 Å². The molecule has 0 saturated carbocycles. The van der Waals surface area contributed by atoms with E-state index >= 15 is 0 Å². The van der Waals surface area contributed by atoms with Crippen LogP contribution >= 0.6 is 0 Å². The van der Waals surface area contributed by atoms with Gasteiger partial charge in [0, 0.05) is 18.3 Å². The average molecular weight is 293 g/mol. The van der Waals surface area contributed by atoms with Crippen molar-refractivity contribution < 1.29 is 4.79 Å². The van der Waals surface area contributed by atoms with E-state index in [9.17, 15) is 4.79 Å². The smallest absolute Gasteiger partial charge is 0.252 e. The average Bonchev–Trinajstić information content (AvgIpc) is 2.54. The lowest BCUT2D eigenvalue weighted by molar-refractivity contribution is 0.0951. The molecule has 1 heterocycles. The predicted molar refractivity (Wildman–Crippen MR) is 86.2 cm³/mol. The molecule has 0 saturated heterocycles. The van der Waals surface area contributed by atoms with Crippen LogP contribution in [0.15, 0.2) is 42.6 Å². The van der Waals surface area contributed by atoms with Crippen LogP contribution in [0, 0.1) is 17.2 Å². The Kier molecular flexibility index (Phi) is 5.26. The first-order valence-corrected chi connectivity index (χ1v) is 7.35. The summed E-state index contributed by atoms with van der Waals surface area (Å²) in [5.74, 6) is 0.457. The van der Waals surface area contributed by atoms with Crippen LogP contribution < -0.4 is 5.32 Å². The van der Waals surface area contributed by atoms with Crippen molar-refractivity contribution in [3.05, 3.63) is 53.7 Å². The quantitative estimate of drug-likeness (QED) is 0.918. The molecule has 1 aromatic heterocycles. The Morgan fingerprint density at radius 1 is 1.32 bits per heavy atom. The summed E-state index contributed by atoms with van der Waals surface area (Å²) in [5, 5.41) is 11.8. The van der Waals surface area contributed by atoms with Gasteiger partial charge in [-0.1, -0.05) is 26.0 Å². The minimum Gasteiger partial charge on any atom is -0.352 e. The molecule has 0 aliphatic carbocycles. The lowest BCUT2D eigenvalue weighted by Gasteiger charge is -2.07. The summed E-state index contributed by atoms with van der Waals surface area (Å²) in [6.45, 7) is 4.91. The largest absolute Gasteiger partial charge is 0.352 e. The molecule has 2 rings (SSSR count). The summed E-state index contributed by atoms with van der Waals surface area (Å²) in [4.78, 5) is 16.3. The molecule has 0 atom stereocenters. The highest BCUT2D eigenvalue weighted by Crippen LogP contribution is 2.18. The van der Waals surface area contributed by atoms with Crippen molar-refractivity contribution in [1.29, 1.82) is 5.26 Å². The molecule has 0 radical (unpaired) electrons. The number of rotatable bonds is 5. The highest BCUT2D eigenvalue weighted by atomic mass is 16.1. The predicted octanol–water partition coefficient (Wildman–Crippen LogP) is 3.40. The van der Waals surface area contributed by atoms with E-state index in [0.29, 0.717) is 23.6 Å². The molecule has 0 fully saturated rings. The third-order valence-electron chi connectivity index (χ3n) is 3.32. The summed E-state index contributed by atoms with van der Waals surface area (Å²) in [5.41, 5.74) is 2.75. The van der Waals surface area contributed by atoms with E-state index in [1.807, 2.05) is 12.1 Å². The first kappa shape index (κ1) is 15.7. The molecule has 0 bridgehead atoms. The Morgan fingerprint density at radius 3 is 2.77 bits per heavy atom. The van der Waals surface area contributed by atoms with Crippen LogP contribution in [0.3, 0.4) is 0 Å². The van der Waals surface area contributed by atoms with E-state index in [1.165, 1.54) is 0 Å². The number of hydrogen-bond acceptors (Lipinski definition) is 3. The number of carbonyl (C=O) groups is 1. The van der Waals surface area contributed by atoms with E-state index in [4.69, 9.17) is 5.26 Å². The Labute approximate surface area is 130 Å². The van der Waals surface area contributed by atoms with Crippen LogP contribution in [0.1, 0.15) is 36.2 Å². The van der Waals surface area contributed by atoms with Crippen LogP contribution in [0.5, 0.6) is 0 Å². The standard InChI is InChI=1S/C18H19N3O/c1-13(2)8-9-20-18(22)16-6-7-17(21-12-16)15-5-3-4-14(10-15)11-19/h3-7,10,12-13H,8-9H2,1-2H3,(H,20,22). The molecule has 22 heavy (non-hydrogen) atoms. The Morgan fingerprint density at radius 2 is 2.14 bits per heavy atom. The molecule has 112 valence electrons. The fraction of sp³-hybridized carbons (Fsp3) is 0.278. The van der Waals surface area contributed by atoms with E-state index in [0.717, 1.165) is 17.7 Å². The van der Waals surface area contributed by atoms with Crippen molar-refractivity contribution in [2.24, 2.45) is 5.92 Å².